The second-order valence-corrected chi connectivity index (χ2v) is 8.91. The minimum atomic E-state index is -3.48. The maximum absolute atomic E-state index is 12.6. The molecular weight excluding hydrogens is 300 g/mol. The molecule has 1 aromatic rings. The molecule has 4 unspecified atom stereocenters. The number of aliphatic hydroxyl groups excluding tert-OH is 1. The summed E-state index contributed by atoms with van der Waals surface area (Å²) < 4.78 is 25.2. The molecule has 3 rings (SSSR count). The Balaban J connectivity index is 1.89. The van der Waals surface area contributed by atoms with Crippen LogP contribution in [0.25, 0.3) is 0 Å². The van der Waals surface area contributed by atoms with Gasteiger partial charge >= 0.3 is 0 Å². The van der Waals surface area contributed by atoms with Crippen LogP contribution in [0.3, 0.4) is 0 Å². The van der Waals surface area contributed by atoms with Gasteiger partial charge in [-0.05, 0) is 42.7 Å². The van der Waals surface area contributed by atoms with Gasteiger partial charge in [0.25, 0.3) is 0 Å². The molecule has 22 heavy (non-hydrogen) atoms. The molecule has 4 nitrogen and oxygen atoms in total. The number of Topliss-reactive ketones (excluding diaryl/α,β-unsaturated/α-hetero) is 1. The van der Waals surface area contributed by atoms with E-state index >= 15 is 0 Å². The third-order valence-corrected chi connectivity index (χ3v) is 7.46. The largest absolute Gasteiger partial charge is 0.393 e. The van der Waals surface area contributed by atoms with Crippen molar-refractivity contribution < 1.29 is 18.3 Å². The second-order valence-electron chi connectivity index (χ2n) is 6.87. The number of aliphatic hydroxyl groups is 1. The summed E-state index contributed by atoms with van der Waals surface area (Å²) in [5, 5.41) is 10.2. The van der Waals surface area contributed by atoms with Crippen molar-refractivity contribution in [2.45, 2.75) is 43.6 Å². The molecule has 120 valence electrons. The Morgan fingerprint density at radius 1 is 1.23 bits per heavy atom. The molecule has 0 spiro atoms. The minimum absolute atomic E-state index is 0.0257. The van der Waals surface area contributed by atoms with Crippen LogP contribution in [-0.2, 0) is 14.6 Å². The summed E-state index contributed by atoms with van der Waals surface area (Å²) in [6.07, 6.45) is 2.01. The van der Waals surface area contributed by atoms with Gasteiger partial charge in [0.15, 0.2) is 9.84 Å². The molecule has 0 aromatic heterocycles. The first-order valence-corrected chi connectivity index (χ1v) is 9.48. The van der Waals surface area contributed by atoms with Gasteiger partial charge in [-0.1, -0.05) is 25.1 Å². The molecule has 2 saturated carbocycles. The molecule has 4 atom stereocenters. The highest BCUT2D eigenvalue weighted by Gasteiger charge is 2.54. The maximum atomic E-state index is 12.6. The molecule has 0 aliphatic heterocycles. The summed E-state index contributed by atoms with van der Waals surface area (Å²) >= 11 is 0. The number of hydrogen-bond acceptors (Lipinski definition) is 4. The fraction of sp³-hybridized carbons (Fsp3) is 0.588. The highest BCUT2D eigenvalue weighted by atomic mass is 32.2. The molecule has 0 heterocycles. The Morgan fingerprint density at radius 3 is 2.59 bits per heavy atom. The van der Waals surface area contributed by atoms with Gasteiger partial charge in [-0.3, -0.25) is 4.79 Å². The minimum Gasteiger partial charge on any atom is -0.393 e. The van der Waals surface area contributed by atoms with Gasteiger partial charge < -0.3 is 5.11 Å². The summed E-state index contributed by atoms with van der Waals surface area (Å²) in [6, 6.07) is 8.31. The monoisotopic (exact) mass is 322 g/mol. The van der Waals surface area contributed by atoms with E-state index in [1.165, 1.54) is 0 Å². The Bertz CT molecular complexity index is 667. The Morgan fingerprint density at radius 2 is 1.91 bits per heavy atom. The lowest BCUT2D eigenvalue weighted by Gasteiger charge is -2.42. The number of fused-ring (bicyclic) bond motifs is 1. The quantitative estimate of drug-likeness (QED) is 0.926. The fourth-order valence-corrected chi connectivity index (χ4v) is 5.88. The van der Waals surface area contributed by atoms with Crippen LogP contribution in [0, 0.1) is 17.3 Å². The molecule has 1 N–H and O–H groups in total. The Labute approximate surface area is 131 Å². The first-order valence-electron chi connectivity index (χ1n) is 7.83. The van der Waals surface area contributed by atoms with E-state index in [1.807, 2.05) is 6.92 Å². The lowest BCUT2D eigenvalue weighted by molar-refractivity contribution is -0.131. The normalized spacial score (nSPS) is 35.4. The molecular formula is C17H22O4S. The lowest BCUT2D eigenvalue weighted by atomic mass is 9.63. The third-order valence-electron chi connectivity index (χ3n) is 5.67. The molecule has 5 heteroatoms. The number of ketones is 1. The predicted octanol–water partition coefficient (Wildman–Crippen LogP) is 2.22. The van der Waals surface area contributed by atoms with E-state index < -0.39 is 21.9 Å². The molecule has 2 aliphatic carbocycles. The predicted molar refractivity (Wildman–Crippen MR) is 83.1 cm³/mol. The van der Waals surface area contributed by atoms with Crippen molar-refractivity contribution in [3.05, 3.63) is 30.3 Å². The molecule has 0 saturated heterocycles. The average Bonchev–Trinajstić information content (AvgIpc) is 2.80. The summed E-state index contributed by atoms with van der Waals surface area (Å²) in [5.74, 6) is -0.609. The standard InChI is InChI=1S/C17H22O4S/c1-17-10-9-15(18)13(14(17)7-8-16(17)19)11-22(20,21)12-5-3-2-4-6-12/h2-6,13-14,16,19H,7-11H2,1H3. The second kappa shape index (κ2) is 5.46. The highest BCUT2D eigenvalue weighted by molar-refractivity contribution is 7.91. The number of benzene rings is 1. The summed E-state index contributed by atoms with van der Waals surface area (Å²) in [7, 11) is -3.48. The number of sulfone groups is 1. The van der Waals surface area contributed by atoms with Crippen molar-refractivity contribution in [1.82, 2.24) is 0 Å². The number of hydrogen-bond donors (Lipinski definition) is 1. The molecule has 2 fully saturated rings. The van der Waals surface area contributed by atoms with E-state index in [2.05, 4.69) is 0 Å². The van der Waals surface area contributed by atoms with Crippen molar-refractivity contribution in [3.63, 3.8) is 0 Å². The first kappa shape index (κ1) is 15.7. The number of carbonyl (C=O) groups excluding carboxylic acids is 1. The smallest absolute Gasteiger partial charge is 0.179 e. The van der Waals surface area contributed by atoms with E-state index in [0.717, 1.165) is 6.42 Å². The van der Waals surface area contributed by atoms with E-state index in [0.29, 0.717) is 19.3 Å². The molecule has 1 aromatic carbocycles. The van der Waals surface area contributed by atoms with Crippen LogP contribution in [-0.4, -0.2) is 31.2 Å². The van der Waals surface area contributed by atoms with Crippen molar-refractivity contribution in [3.8, 4) is 0 Å². The molecule has 0 bridgehead atoms. The van der Waals surface area contributed by atoms with Crippen LogP contribution in [0.5, 0.6) is 0 Å². The Kier molecular flexibility index (Phi) is 3.89. The third kappa shape index (κ3) is 2.50. The van der Waals surface area contributed by atoms with Gasteiger partial charge in [-0.25, -0.2) is 8.42 Å². The fourth-order valence-electron chi connectivity index (χ4n) is 4.23. The highest BCUT2D eigenvalue weighted by Crippen LogP contribution is 2.53. The van der Waals surface area contributed by atoms with Crippen LogP contribution in [0.2, 0.25) is 0 Å². The van der Waals surface area contributed by atoms with E-state index in [-0.39, 0.29) is 27.8 Å². The zero-order valence-electron chi connectivity index (χ0n) is 12.7. The number of rotatable bonds is 3. The summed E-state index contributed by atoms with van der Waals surface area (Å²) in [5.41, 5.74) is -0.315. The average molecular weight is 322 g/mol. The van der Waals surface area contributed by atoms with Crippen molar-refractivity contribution >= 4 is 15.6 Å². The van der Waals surface area contributed by atoms with E-state index in [9.17, 15) is 18.3 Å². The van der Waals surface area contributed by atoms with Crippen molar-refractivity contribution in [2.24, 2.45) is 17.3 Å². The maximum Gasteiger partial charge on any atom is 0.179 e. The van der Waals surface area contributed by atoms with Crippen molar-refractivity contribution in [1.29, 1.82) is 0 Å². The first-order chi connectivity index (χ1) is 10.3. The van der Waals surface area contributed by atoms with Gasteiger partial charge in [-0.2, -0.15) is 0 Å². The molecule has 2 aliphatic rings. The summed E-state index contributed by atoms with van der Waals surface area (Å²) in [6.45, 7) is 2.00. The molecule has 0 amide bonds. The van der Waals surface area contributed by atoms with Crippen LogP contribution in [0.15, 0.2) is 35.2 Å². The van der Waals surface area contributed by atoms with Crippen molar-refractivity contribution in [2.75, 3.05) is 5.75 Å². The van der Waals surface area contributed by atoms with Crippen LogP contribution < -0.4 is 0 Å². The zero-order chi connectivity index (χ0) is 16.0. The van der Waals surface area contributed by atoms with Gasteiger partial charge in [0, 0.05) is 12.3 Å². The van der Waals surface area contributed by atoms with Gasteiger partial charge in [0.05, 0.1) is 16.8 Å². The Hall–Kier alpha value is -1.20. The van der Waals surface area contributed by atoms with E-state index in [1.54, 1.807) is 30.3 Å². The van der Waals surface area contributed by atoms with Gasteiger partial charge in [0.2, 0.25) is 0 Å². The zero-order valence-corrected chi connectivity index (χ0v) is 13.6. The van der Waals surface area contributed by atoms with Gasteiger partial charge in [-0.15, -0.1) is 0 Å². The summed E-state index contributed by atoms with van der Waals surface area (Å²) in [4.78, 5) is 12.6. The topological polar surface area (TPSA) is 71.4 Å². The van der Waals surface area contributed by atoms with Crippen LogP contribution in [0.1, 0.15) is 32.6 Å². The molecule has 0 radical (unpaired) electrons. The number of carbonyl (C=O) groups is 1. The lowest BCUT2D eigenvalue weighted by Crippen LogP contribution is -2.45. The SMILES string of the molecule is CC12CCC(=O)C(CS(=O)(=O)c3ccccc3)C1CCC2O. The van der Waals surface area contributed by atoms with Crippen LogP contribution >= 0.6 is 0 Å². The van der Waals surface area contributed by atoms with Gasteiger partial charge in [0.1, 0.15) is 5.78 Å². The van der Waals surface area contributed by atoms with E-state index in [4.69, 9.17) is 0 Å². The van der Waals surface area contributed by atoms with Crippen LogP contribution in [0.4, 0.5) is 0 Å².